The van der Waals surface area contributed by atoms with Gasteiger partial charge >= 0.3 is 39.5 Å². The van der Waals surface area contributed by atoms with E-state index in [-0.39, 0.29) is 25.7 Å². The summed E-state index contributed by atoms with van der Waals surface area (Å²) in [6.07, 6.45) is 45.8. The second kappa shape index (κ2) is 60.6. The van der Waals surface area contributed by atoms with Gasteiger partial charge in [-0.3, -0.25) is 37.3 Å². The minimum Gasteiger partial charge on any atom is -0.462 e. The van der Waals surface area contributed by atoms with Gasteiger partial charge in [0.25, 0.3) is 0 Å². The third-order valence-electron chi connectivity index (χ3n) is 15.5. The van der Waals surface area contributed by atoms with Crippen molar-refractivity contribution in [1.82, 2.24) is 0 Å². The number of carbonyl (C=O) groups is 4. The average Bonchev–Trinajstić information content (AvgIpc) is 3.54. The SMILES string of the molecule is CCCCCCCCCCCCCC(=O)OC[C@H](COP(=O)(O)OC[C@@H](O)COP(=O)(O)OC[C@@H](COC(=O)CCCCCCCCCC)OC(=O)CCCCCCCCCCC)OC(=O)CCCCCCCCCCCCCCCCCC(C)C. The van der Waals surface area contributed by atoms with E-state index in [1.165, 1.54) is 161 Å². The standard InChI is InChI=1S/C67H130O17P2/c1-6-9-12-15-18-21-27-32-36-41-46-51-65(70)78-57-63(84-67(72)53-48-43-38-33-29-26-24-22-23-25-28-31-34-39-44-49-60(4)5)59-82-86(75,76)80-55-61(68)54-79-85(73,74)81-58-62(56-77-64(69)50-45-40-35-20-17-14-11-8-3)83-66(71)52-47-42-37-30-19-16-13-10-7-2/h60-63,68H,6-59H2,1-5H3,(H,73,74)(H,75,76)/t61-,62+,63+/m0/s1. The molecule has 0 rings (SSSR count). The molecule has 0 spiro atoms. The van der Waals surface area contributed by atoms with Gasteiger partial charge in [-0.2, -0.15) is 0 Å². The Morgan fingerprint density at radius 1 is 0.314 bits per heavy atom. The zero-order valence-corrected chi connectivity index (χ0v) is 57.2. The Bertz CT molecular complexity index is 1670. The molecule has 0 heterocycles. The van der Waals surface area contributed by atoms with Crippen LogP contribution in [0.25, 0.3) is 0 Å². The highest BCUT2D eigenvalue weighted by Crippen LogP contribution is 2.45. The molecule has 0 fully saturated rings. The molecule has 86 heavy (non-hydrogen) atoms. The third-order valence-corrected chi connectivity index (χ3v) is 17.4. The number of phosphoric ester groups is 2. The molecule has 510 valence electrons. The molecule has 5 atom stereocenters. The van der Waals surface area contributed by atoms with E-state index in [1.54, 1.807) is 0 Å². The Morgan fingerprint density at radius 3 is 0.791 bits per heavy atom. The molecule has 0 aliphatic carbocycles. The highest BCUT2D eigenvalue weighted by atomic mass is 31.2. The predicted molar refractivity (Wildman–Crippen MR) is 345 cm³/mol. The minimum atomic E-state index is -4.95. The lowest BCUT2D eigenvalue weighted by molar-refractivity contribution is -0.161. The molecule has 0 aliphatic heterocycles. The second-order valence-electron chi connectivity index (χ2n) is 24.7. The average molecular weight is 1270 g/mol. The summed E-state index contributed by atoms with van der Waals surface area (Å²) in [5.41, 5.74) is 0. The van der Waals surface area contributed by atoms with Crippen LogP contribution in [0.2, 0.25) is 0 Å². The van der Waals surface area contributed by atoms with E-state index in [0.29, 0.717) is 25.7 Å². The van der Waals surface area contributed by atoms with E-state index in [4.69, 9.17) is 37.0 Å². The number of aliphatic hydroxyl groups is 1. The zero-order chi connectivity index (χ0) is 63.5. The van der Waals surface area contributed by atoms with E-state index >= 15 is 0 Å². The van der Waals surface area contributed by atoms with Crippen molar-refractivity contribution in [1.29, 1.82) is 0 Å². The van der Waals surface area contributed by atoms with E-state index in [9.17, 15) is 43.2 Å². The number of rotatable bonds is 67. The Labute approximate surface area is 524 Å². The van der Waals surface area contributed by atoms with Gasteiger partial charge in [-0.05, 0) is 31.6 Å². The third kappa shape index (κ3) is 60.9. The van der Waals surface area contributed by atoms with Crippen LogP contribution in [0.3, 0.4) is 0 Å². The monoisotopic (exact) mass is 1270 g/mol. The largest absolute Gasteiger partial charge is 0.472 e. The Hall–Kier alpha value is -1.94. The summed E-state index contributed by atoms with van der Waals surface area (Å²) in [7, 11) is -9.88. The molecule has 17 nitrogen and oxygen atoms in total. The topological polar surface area (TPSA) is 237 Å². The number of carbonyl (C=O) groups excluding carboxylic acids is 4. The van der Waals surface area contributed by atoms with Crippen LogP contribution in [-0.4, -0.2) is 96.7 Å². The molecular formula is C67H130O17P2. The van der Waals surface area contributed by atoms with Crippen LogP contribution >= 0.6 is 15.6 Å². The molecule has 0 saturated carbocycles. The fraction of sp³-hybridized carbons (Fsp3) is 0.940. The van der Waals surface area contributed by atoms with E-state index in [2.05, 4.69) is 34.6 Å². The molecule has 0 radical (unpaired) electrons. The van der Waals surface area contributed by atoms with Gasteiger partial charge in [0, 0.05) is 25.7 Å². The quantitative estimate of drug-likeness (QED) is 0.0222. The van der Waals surface area contributed by atoms with Gasteiger partial charge in [0.05, 0.1) is 26.4 Å². The molecule has 0 amide bonds. The number of hydrogen-bond donors (Lipinski definition) is 3. The molecule has 0 aromatic carbocycles. The molecule has 0 aliphatic rings. The zero-order valence-electron chi connectivity index (χ0n) is 55.4. The summed E-state index contributed by atoms with van der Waals surface area (Å²) < 4.78 is 68.0. The first-order valence-electron chi connectivity index (χ1n) is 35.1. The summed E-state index contributed by atoms with van der Waals surface area (Å²) in [4.78, 5) is 72.2. The first-order valence-corrected chi connectivity index (χ1v) is 38.1. The number of esters is 4. The summed E-state index contributed by atoms with van der Waals surface area (Å²) in [5, 5.41) is 10.5. The van der Waals surface area contributed by atoms with Gasteiger partial charge in [-0.15, -0.1) is 0 Å². The molecule has 2 unspecified atom stereocenters. The number of aliphatic hydroxyl groups excluding tert-OH is 1. The van der Waals surface area contributed by atoms with Crippen molar-refractivity contribution < 1.29 is 80.2 Å². The maximum atomic E-state index is 13.0. The number of unbranched alkanes of at least 4 members (excludes halogenated alkanes) is 39. The lowest BCUT2D eigenvalue weighted by Crippen LogP contribution is -2.30. The molecule has 0 saturated heterocycles. The van der Waals surface area contributed by atoms with Crippen LogP contribution in [0.4, 0.5) is 0 Å². The van der Waals surface area contributed by atoms with Crippen molar-refractivity contribution in [3.8, 4) is 0 Å². The maximum Gasteiger partial charge on any atom is 0.472 e. The van der Waals surface area contributed by atoms with Gasteiger partial charge < -0.3 is 33.8 Å². The maximum absolute atomic E-state index is 13.0. The van der Waals surface area contributed by atoms with Crippen LogP contribution in [0.5, 0.6) is 0 Å². The summed E-state index contributed by atoms with van der Waals surface area (Å²) >= 11 is 0. The molecule has 0 bridgehead atoms. The second-order valence-corrected chi connectivity index (χ2v) is 27.6. The van der Waals surface area contributed by atoms with Gasteiger partial charge in [0.15, 0.2) is 12.2 Å². The highest BCUT2D eigenvalue weighted by Gasteiger charge is 2.30. The van der Waals surface area contributed by atoms with Gasteiger partial charge in [-0.25, -0.2) is 9.13 Å². The van der Waals surface area contributed by atoms with Crippen LogP contribution in [-0.2, 0) is 65.4 Å². The highest BCUT2D eigenvalue weighted by molar-refractivity contribution is 7.47. The Kier molecular flexibility index (Phi) is 59.2. The lowest BCUT2D eigenvalue weighted by atomic mass is 10.0. The summed E-state index contributed by atoms with van der Waals surface area (Å²) in [6.45, 7) is 7.20. The van der Waals surface area contributed by atoms with Crippen LogP contribution < -0.4 is 0 Å². The van der Waals surface area contributed by atoms with E-state index < -0.39 is 97.5 Å². The van der Waals surface area contributed by atoms with Crippen molar-refractivity contribution in [2.24, 2.45) is 5.92 Å². The molecule has 0 aromatic heterocycles. The Balaban J connectivity index is 5.17. The molecular weight excluding hydrogens is 1140 g/mol. The van der Waals surface area contributed by atoms with Gasteiger partial charge in [-0.1, -0.05) is 291 Å². The van der Waals surface area contributed by atoms with Gasteiger partial charge in [0.1, 0.15) is 19.3 Å². The minimum absolute atomic E-state index is 0.106. The van der Waals surface area contributed by atoms with Crippen molar-refractivity contribution >= 4 is 39.5 Å². The van der Waals surface area contributed by atoms with Crippen LogP contribution in [0.15, 0.2) is 0 Å². The summed E-state index contributed by atoms with van der Waals surface area (Å²) in [6, 6.07) is 0. The molecule has 3 N–H and O–H groups in total. The van der Waals surface area contributed by atoms with Crippen molar-refractivity contribution in [2.45, 2.75) is 361 Å². The molecule has 0 aromatic rings. The first kappa shape index (κ1) is 84.1. The number of phosphoric acid groups is 2. The number of hydrogen-bond acceptors (Lipinski definition) is 15. The van der Waals surface area contributed by atoms with Crippen molar-refractivity contribution in [3.63, 3.8) is 0 Å². The first-order chi connectivity index (χ1) is 41.5. The predicted octanol–water partition coefficient (Wildman–Crippen LogP) is 19.0. The van der Waals surface area contributed by atoms with Crippen LogP contribution in [0.1, 0.15) is 343 Å². The van der Waals surface area contributed by atoms with Crippen molar-refractivity contribution in [3.05, 3.63) is 0 Å². The number of ether oxygens (including phenoxy) is 4. The smallest absolute Gasteiger partial charge is 0.462 e. The van der Waals surface area contributed by atoms with Crippen molar-refractivity contribution in [2.75, 3.05) is 39.6 Å². The Morgan fingerprint density at radius 2 is 0.535 bits per heavy atom. The van der Waals surface area contributed by atoms with Crippen LogP contribution in [0, 0.1) is 5.92 Å². The fourth-order valence-corrected chi connectivity index (χ4v) is 11.7. The van der Waals surface area contributed by atoms with Gasteiger partial charge in [0.2, 0.25) is 0 Å². The molecule has 19 heteroatoms. The van der Waals surface area contributed by atoms with E-state index in [0.717, 1.165) is 102 Å². The normalized spacial score (nSPS) is 14.2. The summed E-state index contributed by atoms with van der Waals surface area (Å²) in [5.74, 6) is -1.33. The lowest BCUT2D eigenvalue weighted by Gasteiger charge is -2.21. The fourth-order valence-electron chi connectivity index (χ4n) is 10.1. The van der Waals surface area contributed by atoms with E-state index in [1.807, 2.05) is 0 Å².